The number of rotatable bonds is 6. The van der Waals surface area contributed by atoms with E-state index in [2.05, 4.69) is 0 Å². The molecule has 2 fully saturated rings. The summed E-state index contributed by atoms with van der Waals surface area (Å²) in [4.78, 5) is 29.8. The molecule has 2 aliphatic heterocycles. The molecule has 2 aromatic carbocycles. The topological polar surface area (TPSA) is 68.3 Å². The number of benzene rings is 2. The molecular formula is C24H26Cl2N2O5. The van der Waals surface area contributed by atoms with Gasteiger partial charge in [-0.1, -0.05) is 29.3 Å². The summed E-state index contributed by atoms with van der Waals surface area (Å²) >= 11 is 12.1. The zero-order valence-electron chi connectivity index (χ0n) is 18.2. The van der Waals surface area contributed by atoms with Gasteiger partial charge in [0.05, 0.1) is 32.8 Å². The molecule has 0 N–H and O–H groups in total. The third-order valence-electron chi connectivity index (χ3n) is 5.76. The van der Waals surface area contributed by atoms with Crippen molar-refractivity contribution in [2.45, 2.75) is 12.0 Å². The fraction of sp³-hybridized carbons (Fsp3) is 0.417. The molecule has 2 amide bonds. The summed E-state index contributed by atoms with van der Waals surface area (Å²) in [6, 6.07) is 13.8. The Labute approximate surface area is 203 Å². The molecule has 0 unspecified atom stereocenters. The Hall–Kier alpha value is -2.32. The standard InChI is InChI=1S/C24H26Cl2N2O5/c25-19-6-4-18(5-7-19)23(30)28-10-13-33-24(16-28,15-22(29)27-8-11-31-12-9-27)17-32-21-3-1-2-20(26)14-21/h1-7,14H,8-13,15-17H2/t24-/m1/s1. The SMILES string of the molecule is O=C(C[C@]1(COc2cccc(Cl)c2)CN(C(=O)c2ccc(Cl)cc2)CCO1)N1CCOCC1. The van der Waals surface area contributed by atoms with Crippen molar-refractivity contribution in [2.75, 3.05) is 52.6 Å². The van der Waals surface area contributed by atoms with E-state index < -0.39 is 5.60 Å². The summed E-state index contributed by atoms with van der Waals surface area (Å²) in [5, 5.41) is 1.11. The van der Waals surface area contributed by atoms with E-state index in [0.717, 1.165) is 0 Å². The fourth-order valence-electron chi connectivity index (χ4n) is 4.01. The van der Waals surface area contributed by atoms with Gasteiger partial charge in [0.15, 0.2) is 0 Å². The van der Waals surface area contributed by atoms with E-state index in [-0.39, 0.29) is 31.4 Å². The van der Waals surface area contributed by atoms with Gasteiger partial charge in [-0.2, -0.15) is 0 Å². The first-order chi connectivity index (χ1) is 15.9. The minimum Gasteiger partial charge on any atom is -0.490 e. The molecule has 1 atom stereocenters. The monoisotopic (exact) mass is 492 g/mol. The number of morpholine rings is 2. The molecule has 2 aliphatic rings. The van der Waals surface area contributed by atoms with Crippen LogP contribution in [0, 0.1) is 0 Å². The van der Waals surface area contributed by atoms with E-state index in [4.69, 9.17) is 37.4 Å². The Morgan fingerprint density at radius 2 is 1.67 bits per heavy atom. The minimum atomic E-state index is -0.988. The van der Waals surface area contributed by atoms with Gasteiger partial charge in [-0.3, -0.25) is 9.59 Å². The van der Waals surface area contributed by atoms with Crippen molar-refractivity contribution >= 4 is 35.0 Å². The second-order valence-corrected chi connectivity index (χ2v) is 9.05. The molecule has 2 aromatic rings. The number of hydrogen-bond acceptors (Lipinski definition) is 5. The number of carbonyl (C=O) groups is 2. The van der Waals surface area contributed by atoms with Crippen LogP contribution in [0.5, 0.6) is 5.75 Å². The van der Waals surface area contributed by atoms with Gasteiger partial charge in [0.1, 0.15) is 18.0 Å². The first kappa shape index (κ1) is 23.8. The predicted molar refractivity (Wildman–Crippen MR) is 125 cm³/mol. The summed E-state index contributed by atoms with van der Waals surface area (Å²) in [6.07, 6.45) is 0.0952. The highest BCUT2D eigenvalue weighted by atomic mass is 35.5. The summed E-state index contributed by atoms with van der Waals surface area (Å²) in [6.45, 7) is 3.16. The van der Waals surface area contributed by atoms with Crippen LogP contribution in [-0.2, 0) is 14.3 Å². The maximum absolute atomic E-state index is 13.2. The molecule has 2 heterocycles. The van der Waals surface area contributed by atoms with Crippen molar-refractivity contribution in [2.24, 2.45) is 0 Å². The summed E-state index contributed by atoms with van der Waals surface area (Å²) in [7, 11) is 0. The largest absolute Gasteiger partial charge is 0.490 e. The highest BCUT2D eigenvalue weighted by Gasteiger charge is 2.42. The van der Waals surface area contributed by atoms with Gasteiger partial charge in [0.2, 0.25) is 5.91 Å². The minimum absolute atomic E-state index is 0.0474. The number of amides is 2. The van der Waals surface area contributed by atoms with Crippen LogP contribution in [0.15, 0.2) is 48.5 Å². The van der Waals surface area contributed by atoms with Gasteiger partial charge >= 0.3 is 0 Å². The van der Waals surface area contributed by atoms with Crippen LogP contribution < -0.4 is 4.74 Å². The zero-order valence-corrected chi connectivity index (χ0v) is 19.7. The molecule has 33 heavy (non-hydrogen) atoms. The Kier molecular flexibility index (Phi) is 7.75. The number of hydrogen-bond donors (Lipinski definition) is 0. The molecule has 0 spiro atoms. The molecule has 9 heteroatoms. The molecule has 7 nitrogen and oxygen atoms in total. The van der Waals surface area contributed by atoms with E-state index in [1.54, 1.807) is 58.3 Å². The van der Waals surface area contributed by atoms with Gasteiger partial charge in [0, 0.05) is 35.2 Å². The van der Waals surface area contributed by atoms with E-state index in [1.807, 2.05) is 0 Å². The quantitative estimate of drug-likeness (QED) is 0.616. The highest BCUT2D eigenvalue weighted by molar-refractivity contribution is 6.31. The van der Waals surface area contributed by atoms with E-state index in [0.29, 0.717) is 60.8 Å². The van der Waals surface area contributed by atoms with Gasteiger partial charge < -0.3 is 24.0 Å². The molecule has 176 valence electrons. The van der Waals surface area contributed by atoms with Crippen molar-refractivity contribution in [3.63, 3.8) is 0 Å². The van der Waals surface area contributed by atoms with E-state index >= 15 is 0 Å². The smallest absolute Gasteiger partial charge is 0.254 e. The van der Waals surface area contributed by atoms with Crippen LogP contribution in [0.25, 0.3) is 0 Å². The number of ether oxygens (including phenoxy) is 3. The maximum atomic E-state index is 13.2. The second kappa shape index (κ2) is 10.7. The summed E-state index contributed by atoms with van der Waals surface area (Å²) in [5.41, 5.74) is -0.455. The lowest BCUT2D eigenvalue weighted by atomic mass is 9.96. The average molecular weight is 493 g/mol. The van der Waals surface area contributed by atoms with Crippen LogP contribution >= 0.6 is 23.2 Å². The second-order valence-electron chi connectivity index (χ2n) is 8.18. The highest BCUT2D eigenvalue weighted by Crippen LogP contribution is 2.27. The lowest BCUT2D eigenvalue weighted by molar-refractivity contribution is -0.155. The zero-order chi connectivity index (χ0) is 23.3. The first-order valence-electron chi connectivity index (χ1n) is 10.9. The van der Waals surface area contributed by atoms with Crippen molar-refractivity contribution in [1.82, 2.24) is 9.80 Å². The summed E-state index contributed by atoms with van der Waals surface area (Å²) < 4.78 is 17.5. The molecule has 4 rings (SSSR count). The Bertz CT molecular complexity index is 981. The van der Waals surface area contributed by atoms with Gasteiger partial charge in [-0.15, -0.1) is 0 Å². The van der Waals surface area contributed by atoms with Crippen molar-refractivity contribution in [3.8, 4) is 5.75 Å². The summed E-state index contributed by atoms with van der Waals surface area (Å²) in [5.74, 6) is 0.389. The molecule has 0 bridgehead atoms. The molecule has 0 radical (unpaired) electrons. The lowest BCUT2D eigenvalue weighted by Gasteiger charge is -2.43. The Morgan fingerprint density at radius 3 is 2.39 bits per heavy atom. The maximum Gasteiger partial charge on any atom is 0.254 e. The van der Waals surface area contributed by atoms with Crippen LogP contribution in [0.4, 0.5) is 0 Å². The van der Waals surface area contributed by atoms with Crippen molar-refractivity contribution < 1.29 is 23.8 Å². The number of halogens is 2. The molecule has 0 aromatic heterocycles. The number of carbonyl (C=O) groups excluding carboxylic acids is 2. The van der Waals surface area contributed by atoms with Crippen LogP contribution in [0.3, 0.4) is 0 Å². The normalized spacial score (nSPS) is 21.0. The van der Waals surface area contributed by atoms with Crippen molar-refractivity contribution in [3.05, 3.63) is 64.1 Å². The Balaban J connectivity index is 1.53. The van der Waals surface area contributed by atoms with Crippen molar-refractivity contribution in [1.29, 1.82) is 0 Å². The fourth-order valence-corrected chi connectivity index (χ4v) is 4.32. The third-order valence-corrected chi connectivity index (χ3v) is 6.25. The molecule has 0 aliphatic carbocycles. The van der Waals surface area contributed by atoms with Gasteiger partial charge in [0.25, 0.3) is 5.91 Å². The lowest BCUT2D eigenvalue weighted by Crippen LogP contribution is -2.58. The van der Waals surface area contributed by atoms with Crippen LogP contribution in [0.1, 0.15) is 16.8 Å². The van der Waals surface area contributed by atoms with Gasteiger partial charge in [-0.25, -0.2) is 0 Å². The third kappa shape index (κ3) is 6.18. The predicted octanol–water partition coefficient (Wildman–Crippen LogP) is 3.53. The molecule has 0 saturated carbocycles. The van der Waals surface area contributed by atoms with Crippen LogP contribution in [0.2, 0.25) is 10.0 Å². The Morgan fingerprint density at radius 1 is 0.939 bits per heavy atom. The number of nitrogens with zero attached hydrogens (tertiary/aromatic N) is 2. The first-order valence-corrected chi connectivity index (χ1v) is 11.6. The van der Waals surface area contributed by atoms with Crippen LogP contribution in [-0.4, -0.2) is 79.8 Å². The van der Waals surface area contributed by atoms with E-state index in [9.17, 15) is 9.59 Å². The van der Waals surface area contributed by atoms with E-state index in [1.165, 1.54) is 0 Å². The van der Waals surface area contributed by atoms with Gasteiger partial charge in [-0.05, 0) is 42.5 Å². The molecular weight excluding hydrogens is 467 g/mol. The average Bonchev–Trinajstić information content (AvgIpc) is 2.84. The molecule has 2 saturated heterocycles.